The van der Waals surface area contributed by atoms with E-state index in [0.717, 1.165) is 36.9 Å². The average molecular weight is 364 g/mol. The maximum atomic E-state index is 12.7. The van der Waals surface area contributed by atoms with E-state index in [-0.39, 0.29) is 29.8 Å². The first-order valence-corrected chi connectivity index (χ1v) is 9.18. The minimum Gasteiger partial charge on any atom is -0.311 e. The first-order chi connectivity index (χ1) is 12.0. The summed E-state index contributed by atoms with van der Waals surface area (Å²) in [5, 5.41) is 10.7. The summed E-state index contributed by atoms with van der Waals surface area (Å²) < 4.78 is 3.46. The predicted molar refractivity (Wildman–Crippen MR) is 95.2 cm³/mol. The van der Waals surface area contributed by atoms with Crippen LogP contribution in [0.5, 0.6) is 0 Å². The Balaban J connectivity index is 1.85. The standard InChI is InChI=1S/C17H22ClN5O2/c1-9-13(15(18)22(2)20-9)11-8-12(24)19-16-14(11)17(25)21-23(16)10-6-4-3-5-7-10/h10-11H,3-8H2,1-2H3,(H,19,24)(H,21,25)/t11-/m0/s1. The maximum absolute atomic E-state index is 12.7. The van der Waals surface area contributed by atoms with E-state index < -0.39 is 0 Å². The number of aromatic amines is 1. The van der Waals surface area contributed by atoms with Gasteiger partial charge in [-0.3, -0.25) is 24.1 Å². The van der Waals surface area contributed by atoms with E-state index in [0.29, 0.717) is 16.5 Å². The molecule has 1 fully saturated rings. The summed E-state index contributed by atoms with van der Waals surface area (Å²) in [6, 6.07) is 0.231. The molecule has 1 saturated carbocycles. The van der Waals surface area contributed by atoms with Crippen molar-refractivity contribution in [3.8, 4) is 0 Å². The van der Waals surface area contributed by atoms with Crippen molar-refractivity contribution in [2.45, 2.75) is 57.4 Å². The summed E-state index contributed by atoms with van der Waals surface area (Å²) >= 11 is 6.42. The lowest BCUT2D eigenvalue weighted by Crippen LogP contribution is -2.28. The van der Waals surface area contributed by atoms with Crippen LogP contribution in [0.4, 0.5) is 5.82 Å². The molecule has 2 aliphatic rings. The van der Waals surface area contributed by atoms with Crippen LogP contribution in [0.15, 0.2) is 4.79 Å². The third-order valence-electron chi connectivity index (χ3n) is 5.44. The van der Waals surface area contributed by atoms with E-state index in [4.69, 9.17) is 11.6 Å². The largest absolute Gasteiger partial charge is 0.311 e. The van der Waals surface area contributed by atoms with Crippen LogP contribution in [0.2, 0.25) is 5.15 Å². The molecule has 25 heavy (non-hydrogen) atoms. The van der Waals surface area contributed by atoms with Gasteiger partial charge in [0.05, 0.1) is 17.3 Å². The minimum atomic E-state index is -0.362. The molecule has 0 aromatic carbocycles. The van der Waals surface area contributed by atoms with Gasteiger partial charge in [-0.15, -0.1) is 0 Å². The second-order valence-corrected chi connectivity index (χ2v) is 7.44. The Hall–Kier alpha value is -2.02. The number of nitrogens with one attached hydrogen (secondary N) is 2. The zero-order valence-corrected chi connectivity index (χ0v) is 15.2. The van der Waals surface area contributed by atoms with Crippen LogP contribution in [0.25, 0.3) is 0 Å². The fourth-order valence-corrected chi connectivity index (χ4v) is 4.59. The topological polar surface area (TPSA) is 84.7 Å². The van der Waals surface area contributed by atoms with Gasteiger partial charge < -0.3 is 5.32 Å². The van der Waals surface area contributed by atoms with Crippen LogP contribution in [0, 0.1) is 6.92 Å². The smallest absolute Gasteiger partial charge is 0.270 e. The van der Waals surface area contributed by atoms with Crippen molar-refractivity contribution in [1.82, 2.24) is 19.6 Å². The molecule has 1 aliphatic carbocycles. The second kappa shape index (κ2) is 6.05. The van der Waals surface area contributed by atoms with Gasteiger partial charge >= 0.3 is 0 Å². The molecule has 2 N–H and O–H groups in total. The number of halogens is 1. The van der Waals surface area contributed by atoms with Crippen molar-refractivity contribution < 1.29 is 4.79 Å². The zero-order valence-electron chi connectivity index (χ0n) is 14.4. The van der Waals surface area contributed by atoms with Gasteiger partial charge in [0.25, 0.3) is 5.56 Å². The van der Waals surface area contributed by atoms with Crippen molar-refractivity contribution in [1.29, 1.82) is 0 Å². The van der Waals surface area contributed by atoms with Gasteiger partial charge in [-0.25, -0.2) is 0 Å². The number of aryl methyl sites for hydroxylation is 2. The number of rotatable bonds is 2. The first kappa shape index (κ1) is 16.4. The van der Waals surface area contributed by atoms with Crippen molar-refractivity contribution >= 4 is 23.3 Å². The van der Waals surface area contributed by atoms with Crippen LogP contribution in [-0.2, 0) is 11.8 Å². The lowest BCUT2D eigenvalue weighted by Gasteiger charge is -2.28. The van der Waals surface area contributed by atoms with Crippen molar-refractivity contribution in [3.63, 3.8) is 0 Å². The van der Waals surface area contributed by atoms with E-state index in [9.17, 15) is 9.59 Å². The van der Waals surface area contributed by atoms with Crippen LogP contribution < -0.4 is 10.9 Å². The number of fused-ring (bicyclic) bond motifs is 1. The molecular formula is C17H22ClN5O2. The minimum absolute atomic E-state index is 0.0969. The van der Waals surface area contributed by atoms with E-state index in [1.165, 1.54) is 6.42 Å². The number of carbonyl (C=O) groups excluding carboxylic acids is 1. The van der Waals surface area contributed by atoms with Gasteiger partial charge in [0.1, 0.15) is 11.0 Å². The molecule has 0 unspecified atom stereocenters. The summed E-state index contributed by atoms with van der Waals surface area (Å²) in [5.74, 6) is 0.149. The zero-order chi connectivity index (χ0) is 17.7. The molecule has 8 heteroatoms. The molecule has 4 rings (SSSR count). The maximum Gasteiger partial charge on any atom is 0.270 e. The number of nitrogens with zero attached hydrogens (tertiary/aromatic N) is 3. The van der Waals surface area contributed by atoms with Crippen molar-refractivity contribution in [2.24, 2.45) is 7.05 Å². The summed E-state index contributed by atoms with van der Waals surface area (Å²) in [5.41, 5.74) is 1.98. The molecular weight excluding hydrogens is 342 g/mol. The van der Waals surface area contributed by atoms with E-state index in [2.05, 4.69) is 15.5 Å². The molecule has 7 nitrogen and oxygen atoms in total. The monoisotopic (exact) mass is 363 g/mol. The van der Waals surface area contributed by atoms with Crippen molar-refractivity contribution in [3.05, 3.63) is 32.3 Å². The number of amides is 1. The Morgan fingerprint density at radius 3 is 2.52 bits per heavy atom. The summed E-state index contributed by atoms with van der Waals surface area (Å²) in [4.78, 5) is 25.1. The molecule has 2 aromatic heterocycles. The van der Waals surface area contributed by atoms with E-state index in [1.807, 2.05) is 11.6 Å². The number of H-pyrrole nitrogens is 1. The number of carbonyl (C=O) groups is 1. The van der Waals surface area contributed by atoms with Gasteiger partial charge in [-0.1, -0.05) is 30.9 Å². The first-order valence-electron chi connectivity index (χ1n) is 8.80. The highest BCUT2D eigenvalue weighted by Crippen LogP contribution is 2.41. The second-order valence-electron chi connectivity index (χ2n) is 7.08. The Bertz CT molecular complexity index is 888. The lowest BCUT2D eigenvalue weighted by atomic mass is 9.87. The quantitative estimate of drug-likeness (QED) is 0.860. The molecule has 1 amide bonds. The van der Waals surface area contributed by atoms with Gasteiger partial charge in [0, 0.05) is 24.9 Å². The normalized spacial score (nSPS) is 21.2. The fraction of sp³-hybridized carbons (Fsp3) is 0.588. The number of anilines is 1. The molecule has 0 bridgehead atoms. The number of hydrogen-bond acceptors (Lipinski definition) is 3. The van der Waals surface area contributed by atoms with Gasteiger partial charge in [-0.05, 0) is 19.8 Å². The van der Waals surface area contributed by atoms with Crippen LogP contribution >= 0.6 is 11.6 Å². The molecule has 1 atom stereocenters. The number of hydrogen-bond donors (Lipinski definition) is 2. The van der Waals surface area contributed by atoms with Crippen molar-refractivity contribution in [2.75, 3.05) is 5.32 Å². The molecule has 0 radical (unpaired) electrons. The third-order valence-corrected chi connectivity index (χ3v) is 5.89. The molecule has 3 heterocycles. The van der Waals surface area contributed by atoms with Crippen LogP contribution in [-0.4, -0.2) is 25.5 Å². The van der Waals surface area contributed by atoms with Crippen LogP contribution in [0.1, 0.15) is 67.3 Å². The summed E-state index contributed by atoms with van der Waals surface area (Å²) in [6.45, 7) is 1.86. The Labute approximate surface area is 150 Å². The SMILES string of the molecule is Cc1nn(C)c(Cl)c1[C@@H]1CC(=O)Nc2c1c(=O)[nH]n2C1CCCCC1. The van der Waals surface area contributed by atoms with E-state index in [1.54, 1.807) is 11.7 Å². The van der Waals surface area contributed by atoms with Crippen LogP contribution in [0.3, 0.4) is 0 Å². The summed E-state index contributed by atoms with van der Waals surface area (Å²) in [6.07, 6.45) is 5.75. The molecule has 1 aliphatic heterocycles. The highest BCUT2D eigenvalue weighted by Gasteiger charge is 2.37. The fourth-order valence-electron chi connectivity index (χ4n) is 4.29. The number of aromatic nitrogens is 4. The lowest BCUT2D eigenvalue weighted by molar-refractivity contribution is -0.116. The Morgan fingerprint density at radius 1 is 1.16 bits per heavy atom. The van der Waals surface area contributed by atoms with Gasteiger partial charge in [0.15, 0.2) is 0 Å². The third kappa shape index (κ3) is 2.61. The average Bonchev–Trinajstić information content (AvgIpc) is 3.04. The predicted octanol–water partition coefficient (Wildman–Crippen LogP) is 2.85. The van der Waals surface area contributed by atoms with Gasteiger partial charge in [0.2, 0.25) is 5.91 Å². The molecule has 0 spiro atoms. The Morgan fingerprint density at radius 2 is 1.88 bits per heavy atom. The highest BCUT2D eigenvalue weighted by molar-refractivity contribution is 6.30. The highest BCUT2D eigenvalue weighted by atomic mass is 35.5. The molecule has 134 valence electrons. The summed E-state index contributed by atoms with van der Waals surface area (Å²) in [7, 11) is 1.76. The van der Waals surface area contributed by atoms with E-state index >= 15 is 0 Å². The molecule has 2 aromatic rings. The Kier molecular flexibility index (Phi) is 3.98. The molecule has 0 saturated heterocycles. The van der Waals surface area contributed by atoms with Gasteiger partial charge in [-0.2, -0.15) is 5.10 Å².